The van der Waals surface area contributed by atoms with Crippen LogP contribution in [0.15, 0.2) is 16.6 Å². The first-order valence-electron chi connectivity index (χ1n) is 5.97. The fourth-order valence-electron chi connectivity index (χ4n) is 1.34. The van der Waals surface area contributed by atoms with Crippen molar-refractivity contribution in [2.45, 2.75) is 20.3 Å². The summed E-state index contributed by atoms with van der Waals surface area (Å²) < 4.78 is 32.0. The normalized spacial score (nSPS) is 11.0. The Morgan fingerprint density at radius 2 is 1.94 bits per heavy atom. The maximum atomic E-state index is 13.3. The van der Waals surface area contributed by atoms with Gasteiger partial charge >= 0.3 is 0 Å². The molecule has 0 unspecified atom stereocenters. The first kappa shape index (κ1) is 15.4. The molecule has 0 aromatic heterocycles. The van der Waals surface area contributed by atoms with E-state index in [4.69, 9.17) is 4.74 Å². The van der Waals surface area contributed by atoms with Gasteiger partial charge < -0.3 is 10.1 Å². The number of ether oxygens (including phenoxy) is 1. The van der Waals surface area contributed by atoms with Gasteiger partial charge in [-0.05, 0) is 34.3 Å². The Labute approximate surface area is 115 Å². The van der Waals surface area contributed by atoms with Gasteiger partial charge in [-0.1, -0.05) is 13.8 Å². The highest BCUT2D eigenvalue weighted by molar-refractivity contribution is 9.10. The Balaban J connectivity index is 2.29. The zero-order valence-electron chi connectivity index (χ0n) is 10.6. The summed E-state index contributed by atoms with van der Waals surface area (Å²) in [6, 6.07) is 2.24. The Hall–Kier alpha value is -0.680. The molecule has 0 saturated carbocycles. The molecule has 0 radical (unpaired) electrons. The van der Waals surface area contributed by atoms with Gasteiger partial charge in [-0.15, -0.1) is 0 Å². The van der Waals surface area contributed by atoms with Gasteiger partial charge in [-0.25, -0.2) is 8.78 Å². The van der Waals surface area contributed by atoms with Crippen LogP contribution < -0.4 is 5.32 Å². The maximum Gasteiger partial charge on any atom is 0.149 e. The van der Waals surface area contributed by atoms with Gasteiger partial charge in [0, 0.05) is 19.2 Å². The second-order valence-corrected chi connectivity index (χ2v) is 5.32. The van der Waals surface area contributed by atoms with Crippen LogP contribution in [0.3, 0.4) is 0 Å². The van der Waals surface area contributed by atoms with Crippen LogP contribution in [0.2, 0.25) is 0 Å². The molecule has 0 bridgehead atoms. The topological polar surface area (TPSA) is 21.3 Å². The molecule has 5 heteroatoms. The van der Waals surface area contributed by atoms with E-state index in [0.29, 0.717) is 25.7 Å². The number of rotatable bonds is 7. The van der Waals surface area contributed by atoms with Gasteiger partial charge in [-0.2, -0.15) is 0 Å². The summed E-state index contributed by atoms with van der Waals surface area (Å²) in [4.78, 5) is 0. The van der Waals surface area contributed by atoms with Crippen LogP contribution in [0.5, 0.6) is 0 Å². The molecule has 1 rings (SSSR count). The van der Waals surface area contributed by atoms with Crippen molar-refractivity contribution in [2.24, 2.45) is 5.92 Å². The second kappa shape index (κ2) is 7.69. The molecule has 0 saturated heterocycles. The average Bonchev–Trinajstić information content (AvgIpc) is 2.29. The monoisotopic (exact) mass is 321 g/mol. The number of halogens is 3. The van der Waals surface area contributed by atoms with Gasteiger partial charge in [0.05, 0.1) is 16.8 Å². The van der Waals surface area contributed by atoms with E-state index in [9.17, 15) is 8.78 Å². The van der Waals surface area contributed by atoms with E-state index in [1.807, 2.05) is 0 Å². The Kier molecular flexibility index (Phi) is 6.57. The third-order valence-electron chi connectivity index (χ3n) is 2.41. The molecule has 2 nitrogen and oxygen atoms in total. The quantitative estimate of drug-likeness (QED) is 0.600. The summed E-state index contributed by atoms with van der Waals surface area (Å²) in [5.41, 5.74) is 0.274. The Bertz CT molecular complexity index is 385. The molecule has 0 aliphatic rings. The molecular formula is C13H18BrF2NO. The summed E-state index contributed by atoms with van der Waals surface area (Å²) >= 11 is 3.02. The number of benzene rings is 1. The van der Waals surface area contributed by atoms with Gasteiger partial charge in [0.1, 0.15) is 11.6 Å². The summed E-state index contributed by atoms with van der Waals surface area (Å²) in [7, 11) is 0. The molecule has 1 N–H and O–H groups in total. The van der Waals surface area contributed by atoms with Crippen LogP contribution in [0.1, 0.15) is 20.3 Å². The lowest BCUT2D eigenvalue weighted by molar-refractivity contribution is 0.132. The van der Waals surface area contributed by atoms with E-state index < -0.39 is 11.6 Å². The van der Waals surface area contributed by atoms with Crippen molar-refractivity contribution in [3.8, 4) is 0 Å². The van der Waals surface area contributed by atoms with E-state index >= 15 is 0 Å². The lowest BCUT2D eigenvalue weighted by atomic mass is 10.1. The maximum absolute atomic E-state index is 13.3. The van der Waals surface area contributed by atoms with E-state index in [1.165, 1.54) is 6.07 Å². The minimum atomic E-state index is -0.605. The van der Waals surface area contributed by atoms with E-state index in [0.717, 1.165) is 12.5 Å². The first-order chi connectivity index (χ1) is 8.50. The van der Waals surface area contributed by atoms with E-state index in [1.54, 1.807) is 0 Å². The minimum absolute atomic E-state index is 0.243. The lowest BCUT2D eigenvalue weighted by Crippen LogP contribution is -2.11. The van der Waals surface area contributed by atoms with Crippen molar-refractivity contribution in [3.05, 3.63) is 28.2 Å². The number of hydrogen-bond donors (Lipinski definition) is 1. The van der Waals surface area contributed by atoms with Crippen LogP contribution in [-0.4, -0.2) is 19.8 Å². The Morgan fingerprint density at radius 1 is 1.22 bits per heavy atom. The summed E-state index contributed by atoms with van der Waals surface area (Å²) in [6.07, 6.45) is 1.01. The van der Waals surface area contributed by atoms with Crippen molar-refractivity contribution in [3.63, 3.8) is 0 Å². The van der Waals surface area contributed by atoms with Crippen molar-refractivity contribution in [1.82, 2.24) is 0 Å². The average molecular weight is 322 g/mol. The Morgan fingerprint density at radius 3 is 2.61 bits per heavy atom. The zero-order chi connectivity index (χ0) is 13.5. The third-order valence-corrected chi connectivity index (χ3v) is 3.02. The van der Waals surface area contributed by atoms with Crippen LogP contribution in [0.4, 0.5) is 14.5 Å². The summed E-state index contributed by atoms with van der Waals surface area (Å²) in [5.74, 6) is -0.590. The van der Waals surface area contributed by atoms with Crippen LogP contribution in [-0.2, 0) is 4.74 Å². The molecule has 0 amide bonds. The molecule has 0 aliphatic heterocycles. The first-order valence-corrected chi connectivity index (χ1v) is 6.76. The van der Waals surface area contributed by atoms with Crippen molar-refractivity contribution >= 4 is 21.6 Å². The highest BCUT2D eigenvalue weighted by Crippen LogP contribution is 2.23. The van der Waals surface area contributed by atoms with Crippen molar-refractivity contribution in [2.75, 3.05) is 25.1 Å². The fraction of sp³-hybridized carbons (Fsp3) is 0.538. The van der Waals surface area contributed by atoms with E-state index in [-0.39, 0.29) is 10.2 Å². The fourth-order valence-corrected chi connectivity index (χ4v) is 1.68. The minimum Gasteiger partial charge on any atom is -0.380 e. The highest BCUT2D eigenvalue weighted by atomic mass is 79.9. The molecule has 1 aromatic rings. The predicted molar refractivity (Wildman–Crippen MR) is 72.8 cm³/mol. The molecule has 0 fully saturated rings. The largest absolute Gasteiger partial charge is 0.380 e. The van der Waals surface area contributed by atoms with Gasteiger partial charge in [0.2, 0.25) is 0 Å². The molecule has 102 valence electrons. The number of hydrogen-bond acceptors (Lipinski definition) is 2. The highest BCUT2D eigenvalue weighted by Gasteiger charge is 2.07. The summed E-state index contributed by atoms with van der Waals surface area (Å²) in [6.45, 7) is 5.96. The second-order valence-electron chi connectivity index (χ2n) is 4.47. The van der Waals surface area contributed by atoms with E-state index in [2.05, 4.69) is 35.1 Å². The molecule has 18 heavy (non-hydrogen) atoms. The van der Waals surface area contributed by atoms with Gasteiger partial charge in [-0.3, -0.25) is 0 Å². The molecular weight excluding hydrogens is 304 g/mol. The lowest BCUT2D eigenvalue weighted by Gasteiger charge is -2.10. The van der Waals surface area contributed by atoms with Gasteiger partial charge in [0.15, 0.2) is 0 Å². The summed E-state index contributed by atoms with van der Waals surface area (Å²) in [5, 5.41) is 2.87. The van der Waals surface area contributed by atoms with Crippen molar-refractivity contribution < 1.29 is 13.5 Å². The van der Waals surface area contributed by atoms with Crippen LogP contribution >= 0.6 is 15.9 Å². The molecule has 0 heterocycles. The SMILES string of the molecule is CC(C)CCOCCNc1cc(Br)c(F)cc1F. The molecule has 1 aromatic carbocycles. The van der Waals surface area contributed by atoms with Crippen LogP contribution in [0, 0.1) is 17.6 Å². The predicted octanol–water partition coefficient (Wildman–Crippen LogP) is 4.20. The standard InChI is InChI=1S/C13H18BrF2NO/c1-9(2)3-5-18-6-4-17-13-7-10(14)11(15)8-12(13)16/h7-9,17H,3-6H2,1-2H3. The number of nitrogens with one attached hydrogen (secondary N) is 1. The van der Waals surface area contributed by atoms with Gasteiger partial charge in [0.25, 0.3) is 0 Å². The molecule has 0 spiro atoms. The molecule has 0 atom stereocenters. The van der Waals surface area contributed by atoms with Crippen LogP contribution in [0.25, 0.3) is 0 Å². The zero-order valence-corrected chi connectivity index (χ0v) is 12.2. The van der Waals surface area contributed by atoms with Crippen molar-refractivity contribution in [1.29, 1.82) is 0 Å². The molecule has 0 aliphatic carbocycles. The number of anilines is 1. The third kappa shape index (κ3) is 5.31. The smallest absolute Gasteiger partial charge is 0.149 e.